The molecule has 1 aromatic heterocycles. The van der Waals surface area contributed by atoms with Gasteiger partial charge in [0.05, 0.1) is 6.54 Å². The zero-order valence-electron chi connectivity index (χ0n) is 9.34. The molecule has 0 fully saturated rings. The topological polar surface area (TPSA) is 98.0 Å². The SMILES string of the molecule is O=C(NCc1ccc(C(=O)O)o1)C1=COCCO1. The summed E-state index contributed by atoms with van der Waals surface area (Å²) in [6.45, 7) is 0.812. The van der Waals surface area contributed by atoms with Gasteiger partial charge < -0.3 is 24.3 Å². The summed E-state index contributed by atoms with van der Waals surface area (Å²) in [5, 5.41) is 11.2. The van der Waals surface area contributed by atoms with Crippen LogP contribution in [0.1, 0.15) is 16.3 Å². The fourth-order valence-corrected chi connectivity index (χ4v) is 1.33. The second-order valence-electron chi connectivity index (χ2n) is 3.46. The summed E-state index contributed by atoms with van der Waals surface area (Å²) >= 11 is 0. The number of aromatic carboxylic acids is 1. The molecule has 0 spiro atoms. The van der Waals surface area contributed by atoms with E-state index in [4.69, 9.17) is 19.0 Å². The number of amides is 1. The predicted octanol–water partition coefficient (Wildman–Crippen LogP) is 0.482. The lowest BCUT2D eigenvalue weighted by molar-refractivity contribution is -0.122. The van der Waals surface area contributed by atoms with Crippen LogP contribution in [0, 0.1) is 0 Å². The second-order valence-corrected chi connectivity index (χ2v) is 3.46. The van der Waals surface area contributed by atoms with Gasteiger partial charge in [-0.15, -0.1) is 0 Å². The van der Waals surface area contributed by atoms with Gasteiger partial charge in [0.25, 0.3) is 5.91 Å². The molecule has 0 aliphatic carbocycles. The van der Waals surface area contributed by atoms with Crippen molar-refractivity contribution in [1.29, 1.82) is 0 Å². The van der Waals surface area contributed by atoms with E-state index < -0.39 is 11.9 Å². The fraction of sp³-hybridized carbons (Fsp3) is 0.273. The van der Waals surface area contributed by atoms with Crippen molar-refractivity contribution in [1.82, 2.24) is 5.32 Å². The molecule has 0 saturated carbocycles. The van der Waals surface area contributed by atoms with E-state index in [0.29, 0.717) is 19.0 Å². The van der Waals surface area contributed by atoms with Crippen molar-refractivity contribution in [2.75, 3.05) is 13.2 Å². The van der Waals surface area contributed by atoms with Crippen molar-refractivity contribution in [2.45, 2.75) is 6.54 Å². The lowest BCUT2D eigenvalue weighted by Crippen LogP contribution is -2.27. The second kappa shape index (κ2) is 5.26. The number of carbonyl (C=O) groups excluding carboxylic acids is 1. The van der Waals surface area contributed by atoms with Gasteiger partial charge >= 0.3 is 5.97 Å². The summed E-state index contributed by atoms with van der Waals surface area (Å²) in [6.07, 6.45) is 1.24. The Morgan fingerprint density at radius 1 is 1.33 bits per heavy atom. The minimum atomic E-state index is -1.15. The smallest absolute Gasteiger partial charge is 0.371 e. The molecule has 2 heterocycles. The summed E-state index contributed by atoms with van der Waals surface area (Å²) in [5.74, 6) is -1.33. The number of hydrogen-bond acceptors (Lipinski definition) is 5. The summed E-state index contributed by atoms with van der Waals surface area (Å²) in [5.41, 5.74) is 0. The van der Waals surface area contributed by atoms with Gasteiger partial charge in [-0.1, -0.05) is 0 Å². The lowest BCUT2D eigenvalue weighted by atomic mass is 10.4. The maximum atomic E-state index is 11.6. The molecular formula is C11H11NO6. The number of furan rings is 1. The van der Waals surface area contributed by atoms with Crippen LogP contribution in [-0.2, 0) is 20.8 Å². The zero-order chi connectivity index (χ0) is 13.0. The van der Waals surface area contributed by atoms with Gasteiger partial charge in [-0.25, -0.2) is 4.79 Å². The van der Waals surface area contributed by atoms with Gasteiger partial charge in [-0.2, -0.15) is 0 Å². The first-order valence-electron chi connectivity index (χ1n) is 5.21. The molecule has 2 N–H and O–H groups in total. The molecule has 0 unspecified atom stereocenters. The third-order valence-corrected chi connectivity index (χ3v) is 2.17. The molecular weight excluding hydrogens is 242 g/mol. The Bertz CT molecular complexity index is 489. The van der Waals surface area contributed by atoms with E-state index in [1.54, 1.807) is 0 Å². The highest BCUT2D eigenvalue weighted by molar-refractivity contribution is 5.91. The molecule has 18 heavy (non-hydrogen) atoms. The van der Waals surface area contributed by atoms with Crippen molar-refractivity contribution in [2.24, 2.45) is 0 Å². The van der Waals surface area contributed by atoms with Gasteiger partial charge in [-0.05, 0) is 12.1 Å². The van der Waals surface area contributed by atoms with Crippen molar-refractivity contribution >= 4 is 11.9 Å². The van der Waals surface area contributed by atoms with Crippen LogP contribution in [-0.4, -0.2) is 30.2 Å². The first kappa shape index (κ1) is 12.0. The minimum absolute atomic E-state index is 0.0762. The zero-order valence-corrected chi connectivity index (χ0v) is 9.34. The molecule has 7 nitrogen and oxygen atoms in total. The fourth-order valence-electron chi connectivity index (χ4n) is 1.33. The monoisotopic (exact) mass is 253 g/mol. The Kier molecular flexibility index (Phi) is 3.52. The third-order valence-electron chi connectivity index (χ3n) is 2.17. The van der Waals surface area contributed by atoms with E-state index in [9.17, 15) is 9.59 Å². The number of nitrogens with one attached hydrogen (secondary N) is 1. The van der Waals surface area contributed by atoms with Gasteiger partial charge in [0, 0.05) is 0 Å². The van der Waals surface area contributed by atoms with Crippen LogP contribution in [0.5, 0.6) is 0 Å². The molecule has 1 aliphatic heterocycles. The number of rotatable bonds is 4. The lowest BCUT2D eigenvalue weighted by Gasteiger charge is -2.14. The van der Waals surface area contributed by atoms with E-state index in [-0.39, 0.29) is 18.1 Å². The standard InChI is InChI=1S/C11H11NO6/c13-10(9-6-16-3-4-17-9)12-5-7-1-2-8(18-7)11(14)15/h1-2,6H,3-5H2,(H,12,13)(H,14,15). The van der Waals surface area contributed by atoms with E-state index in [1.165, 1.54) is 18.4 Å². The number of ether oxygens (including phenoxy) is 2. The third kappa shape index (κ3) is 2.82. The Labute approximate surface area is 102 Å². The predicted molar refractivity (Wildman–Crippen MR) is 57.5 cm³/mol. The highest BCUT2D eigenvalue weighted by Crippen LogP contribution is 2.08. The molecule has 7 heteroatoms. The quantitative estimate of drug-likeness (QED) is 0.810. The van der Waals surface area contributed by atoms with Crippen molar-refractivity contribution in [3.05, 3.63) is 35.7 Å². The highest BCUT2D eigenvalue weighted by Gasteiger charge is 2.15. The van der Waals surface area contributed by atoms with Crippen LogP contribution in [0.15, 0.2) is 28.6 Å². The average Bonchev–Trinajstić information content (AvgIpc) is 2.86. The van der Waals surface area contributed by atoms with E-state index in [1.807, 2.05) is 0 Å². The molecule has 0 bridgehead atoms. The number of hydrogen-bond donors (Lipinski definition) is 2. The number of carboxylic acid groups (broad SMARTS) is 1. The maximum absolute atomic E-state index is 11.6. The van der Waals surface area contributed by atoms with Crippen molar-refractivity contribution < 1.29 is 28.6 Å². The molecule has 1 aromatic rings. The minimum Gasteiger partial charge on any atom is -0.494 e. The maximum Gasteiger partial charge on any atom is 0.371 e. The van der Waals surface area contributed by atoms with Crippen LogP contribution in [0.3, 0.4) is 0 Å². The van der Waals surface area contributed by atoms with Gasteiger partial charge in [-0.3, -0.25) is 4.79 Å². The van der Waals surface area contributed by atoms with Crippen LogP contribution >= 0.6 is 0 Å². The van der Waals surface area contributed by atoms with Crippen molar-refractivity contribution in [3.8, 4) is 0 Å². The Morgan fingerprint density at radius 2 is 2.17 bits per heavy atom. The Balaban J connectivity index is 1.88. The molecule has 1 aliphatic rings. The van der Waals surface area contributed by atoms with Gasteiger partial charge in [0.2, 0.25) is 11.5 Å². The Hall–Kier alpha value is -2.44. The van der Waals surface area contributed by atoms with Crippen LogP contribution in [0.25, 0.3) is 0 Å². The number of carbonyl (C=O) groups is 2. The molecule has 0 saturated heterocycles. The van der Waals surface area contributed by atoms with Gasteiger partial charge in [0.15, 0.2) is 0 Å². The van der Waals surface area contributed by atoms with E-state index in [2.05, 4.69) is 5.32 Å². The molecule has 0 atom stereocenters. The molecule has 0 radical (unpaired) electrons. The first-order valence-corrected chi connectivity index (χ1v) is 5.21. The molecule has 0 aromatic carbocycles. The Morgan fingerprint density at radius 3 is 2.78 bits per heavy atom. The van der Waals surface area contributed by atoms with E-state index in [0.717, 1.165) is 0 Å². The normalized spacial score (nSPS) is 14.1. The van der Waals surface area contributed by atoms with Crippen LogP contribution in [0.4, 0.5) is 0 Å². The summed E-state index contributed by atoms with van der Waals surface area (Å²) in [4.78, 5) is 22.1. The van der Waals surface area contributed by atoms with E-state index >= 15 is 0 Å². The largest absolute Gasteiger partial charge is 0.494 e. The van der Waals surface area contributed by atoms with Crippen molar-refractivity contribution in [3.63, 3.8) is 0 Å². The van der Waals surface area contributed by atoms with Crippen LogP contribution in [0.2, 0.25) is 0 Å². The number of carboxylic acids is 1. The first-order chi connectivity index (χ1) is 8.66. The average molecular weight is 253 g/mol. The molecule has 2 rings (SSSR count). The molecule has 1 amide bonds. The molecule has 96 valence electrons. The summed E-state index contributed by atoms with van der Waals surface area (Å²) in [6, 6.07) is 2.81. The summed E-state index contributed by atoms with van der Waals surface area (Å²) < 4.78 is 15.0. The summed E-state index contributed by atoms with van der Waals surface area (Å²) in [7, 11) is 0. The van der Waals surface area contributed by atoms with Gasteiger partial charge in [0.1, 0.15) is 25.2 Å². The highest BCUT2D eigenvalue weighted by atomic mass is 16.6. The van der Waals surface area contributed by atoms with Crippen LogP contribution < -0.4 is 5.32 Å².